The third-order valence-electron chi connectivity index (χ3n) is 6.77. The van der Waals surface area contributed by atoms with E-state index in [4.69, 9.17) is 21.1 Å². The highest BCUT2D eigenvalue weighted by molar-refractivity contribution is 6.30. The molecule has 0 aromatic heterocycles. The van der Waals surface area contributed by atoms with E-state index in [2.05, 4.69) is 72.5 Å². The smallest absolute Gasteiger partial charge is 0.119 e. The molecule has 0 spiro atoms. The van der Waals surface area contributed by atoms with Crippen LogP contribution in [0.5, 0.6) is 11.5 Å². The zero-order chi connectivity index (χ0) is 23.5. The molecule has 4 aromatic rings. The molecular formula is C30H28ClNO2. The molecule has 0 amide bonds. The van der Waals surface area contributed by atoms with Crippen molar-refractivity contribution in [3.05, 3.63) is 124 Å². The van der Waals surface area contributed by atoms with Crippen LogP contribution in [0.25, 0.3) is 0 Å². The van der Waals surface area contributed by atoms with Crippen LogP contribution in [0.3, 0.4) is 0 Å². The minimum atomic E-state index is -0.373. The van der Waals surface area contributed by atoms with Gasteiger partial charge in [-0.15, -0.1) is 0 Å². The average molecular weight is 470 g/mol. The summed E-state index contributed by atoms with van der Waals surface area (Å²) < 4.78 is 11.6. The number of ether oxygens (including phenoxy) is 2. The number of rotatable bonds is 6. The summed E-state index contributed by atoms with van der Waals surface area (Å²) in [5.41, 5.74) is 5.68. The number of methoxy groups -OCH3 is 1. The normalized spacial score (nSPS) is 17.2. The molecule has 172 valence electrons. The Morgan fingerprint density at radius 1 is 0.853 bits per heavy atom. The second-order valence-corrected chi connectivity index (χ2v) is 9.21. The Kier molecular flexibility index (Phi) is 6.21. The number of anilines is 1. The van der Waals surface area contributed by atoms with Crippen molar-refractivity contribution in [2.75, 3.05) is 18.6 Å². The predicted molar refractivity (Wildman–Crippen MR) is 139 cm³/mol. The lowest BCUT2D eigenvalue weighted by Gasteiger charge is -2.48. The lowest BCUT2D eigenvalue weighted by molar-refractivity contribution is 0.306. The van der Waals surface area contributed by atoms with Crippen molar-refractivity contribution < 1.29 is 9.47 Å². The summed E-state index contributed by atoms with van der Waals surface area (Å²) in [4.78, 5) is 2.45. The highest BCUT2D eigenvalue weighted by atomic mass is 35.5. The molecule has 0 aliphatic carbocycles. The first-order chi connectivity index (χ1) is 16.6. The van der Waals surface area contributed by atoms with Crippen molar-refractivity contribution in [1.29, 1.82) is 0 Å². The Morgan fingerprint density at radius 2 is 1.62 bits per heavy atom. The maximum Gasteiger partial charge on any atom is 0.119 e. The first-order valence-electron chi connectivity index (χ1n) is 11.6. The third kappa shape index (κ3) is 4.24. The summed E-state index contributed by atoms with van der Waals surface area (Å²) >= 11 is 6.39. The van der Waals surface area contributed by atoms with Crippen molar-refractivity contribution in [2.45, 2.75) is 25.5 Å². The van der Waals surface area contributed by atoms with Crippen molar-refractivity contribution in [3.8, 4) is 11.5 Å². The van der Waals surface area contributed by atoms with Crippen LogP contribution in [0.2, 0.25) is 5.02 Å². The van der Waals surface area contributed by atoms with E-state index in [9.17, 15) is 0 Å². The molecule has 1 atom stereocenters. The Hall–Kier alpha value is -3.43. The zero-order valence-corrected chi connectivity index (χ0v) is 20.3. The molecule has 1 heterocycles. The summed E-state index contributed by atoms with van der Waals surface area (Å²) in [5.74, 6) is 1.75. The number of hydrogen-bond donors (Lipinski definition) is 0. The largest absolute Gasteiger partial charge is 0.497 e. The monoisotopic (exact) mass is 469 g/mol. The Bertz CT molecular complexity index is 1270. The van der Waals surface area contributed by atoms with Crippen LogP contribution in [0.4, 0.5) is 5.69 Å². The second-order valence-electron chi connectivity index (χ2n) is 8.78. The van der Waals surface area contributed by atoms with E-state index in [1.54, 1.807) is 7.11 Å². The molecule has 0 N–H and O–H groups in total. The number of benzene rings is 4. The number of halogens is 1. The van der Waals surface area contributed by atoms with E-state index >= 15 is 0 Å². The van der Waals surface area contributed by atoms with Crippen molar-refractivity contribution >= 4 is 17.3 Å². The first-order valence-corrected chi connectivity index (χ1v) is 11.9. The van der Waals surface area contributed by atoms with E-state index in [0.29, 0.717) is 6.61 Å². The Labute approximate surface area is 206 Å². The highest BCUT2D eigenvalue weighted by Gasteiger charge is 2.40. The van der Waals surface area contributed by atoms with Crippen LogP contribution in [-0.4, -0.2) is 13.7 Å². The Balaban J connectivity index is 1.52. The molecule has 1 aliphatic heterocycles. The fourth-order valence-electron chi connectivity index (χ4n) is 4.94. The van der Waals surface area contributed by atoms with Gasteiger partial charge in [-0.1, -0.05) is 66.2 Å². The van der Waals surface area contributed by atoms with Crippen LogP contribution in [0.1, 0.15) is 29.2 Å². The van der Waals surface area contributed by atoms with Crippen LogP contribution in [0.15, 0.2) is 97.1 Å². The molecule has 0 bridgehead atoms. The molecule has 5 rings (SSSR count). The minimum Gasteiger partial charge on any atom is -0.497 e. The van der Waals surface area contributed by atoms with Gasteiger partial charge >= 0.3 is 0 Å². The van der Waals surface area contributed by atoms with E-state index in [-0.39, 0.29) is 5.54 Å². The van der Waals surface area contributed by atoms with E-state index in [1.165, 1.54) is 16.7 Å². The molecule has 4 heteroatoms. The maximum absolute atomic E-state index is 6.39. The fraction of sp³-hybridized carbons (Fsp3) is 0.200. The molecule has 1 unspecified atom stereocenters. The van der Waals surface area contributed by atoms with Gasteiger partial charge in [-0.25, -0.2) is 0 Å². The van der Waals surface area contributed by atoms with Gasteiger partial charge in [0, 0.05) is 17.3 Å². The molecule has 0 radical (unpaired) electrons. The standard InChI is InChI=1S/C30H28ClNO2/c1-30(24-11-13-27(14-12-24)34-21-22-7-4-3-5-8-22)29-16-15-28(33-2)19-23(29)17-18-32(30)26-10-6-9-25(31)20-26/h3-16,19-20H,17-18,21H2,1-2H3. The van der Waals surface area contributed by atoms with E-state index < -0.39 is 0 Å². The summed E-state index contributed by atoms with van der Waals surface area (Å²) in [5, 5.41) is 0.741. The number of nitrogens with zero attached hydrogens (tertiary/aromatic N) is 1. The first kappa shape index (κ1) is 22.4. The van der Waals surface area contributed by atoms with Gasteiger partial charge in [-0.05, 0) is 78.1 Å². The lowest BCUT2D eigenvalue weighted by Crippen LogP contribution is -2.49. The quantitative estimate of drug-likeness (QED) is 0.296. The van der Waals surface area contributed by atoms with Crippen molar-refractivity contribution in [3.63, 3.8) is 0 Å². The molecule has 0 saturated heterocycles. The van der Waals surface area contributed by atoms with Gasteiger partial charge in [-0.2, -0.15) is 0 Å². The van der Waals surface area contributed by atoms with Crippen molar-refractivity contribution in [1.82, 2.24) is 0 Å². The molecule has 3 nitrogen and oxygen atoms in total. The van der Waals surface area contributed by atoms with Gasteiger partial charge in [0.05, 0.1) is 12.6 Å². The molecule has 0 saturated carbocycles. The molecule has 34 heavy (non-hydrogen) atoms. The maximum atomic E-state index is 6.39. The number of fused-ring (bicyclic) bond motifs is 1. The predicted octanol–water partition coefficient (Wildman–Crippen LogP) is 7.25. The van der Waals surface area contributed by atoms with Crippen molar-refractivity contribution in [2.24, 2.45) is 0 Å². The second kappa shape index (κ2) is 9.44. The minimum absolute atomic E-state index is 0.373. The van der Waals surface area contributed by atoms with Crippen LogP contribution in [-0.2, 0) is 18.6 Å². The molecule has 0 fully saturated rings. The summed E-state index contributed by atoms with van der Waals surface area (Å²) in [6, 6.07) is 33.3. The van der Waals surface area contributed by atoms with Gasteiger partial charge in [0.2, 0.25) is 0 Å². The van der Waals surface area contributed by atoms with Crippen LogP contribution in [0, 0.1) is 0 Å². The summed E-state index contributed by atoms with van der Waals surface area (Å²) in [6.45, 7) is 3.72. The van der Waals surface area contributed by atoms with E-state index in [1.807, 2.05) is 36.4 Å². The molecule has 1 aliphatic rings. The number of hydrogen-bond acceptors (Lipinski definition) is 3. The van der Waals surface area contributed by atoms with Crippen LogP contribution < -0.4 is 14.4 Å². The highest BCUT2D eigenvalue weighted by Crippen LogP contribution is 2.45. The molecular weight excluding hydrogens is 442 g/mol. The van der Waals surface area contributed by atoms with Gasteiger partial charge in [-0.3, -0.25) is 0 Å². The fourth-order valence-corrected chi connectivity index (χ4v) is 5.12. The lowest BCUT2D eigenvalue weighted by atomic mass is 9.76. The van der Waals surface area contributed by atoms with Gasteiger partial charge < -0.3 is 14.4 Å². The summed E-state index contributed by atoms with van der Waals surface area (Å²) in [7, 11) is 1.72. The van der Waals surface area contributed by atoms with E-state index in [0.717, 1.165) is 40.7 Å². The summed E-state index contributed by atoms with van der Waals surface area (Å²) in [6.07, 6.45) is 0.937. The van der Waals surface area contributed by atoms with Gasteiger partial charge in [0.1, 0.15) is 18.1 Å². The SMILES string of the molecule is COc1ccc2c(c1)CCN(c1cccc(Cl)c1)C2(C)c1ccc(OCc2ccccc2)cc1. The van der Waals surface area contributed by atoms with Gasteiger partial charge in [0.25, 0.3) is 0 Å². The van der Waals surface area contributed by atoms with Crippen LogP contribution >= 0.6 is 11.6 Å². The third-order valence-corrected chi connectivity index (χ3v) is 7.00. The average Bonchev–Trinajstić information content (AvgIpc) is 2.88. The Morgan fingerprint density at radius 3 is 2.35 bits per heavy atom. The molecule has 4 aromatic carbocycles. The topological polar surface area (TPSA) is 21.7 Å². The zero-order valence-electron chi connectivity index (χ0n) is 19.5. The van der Waals surface area contributed by atoms with Gasteiger partial charge in [0.15, 0.2) is 0 Å².